The van der Waals surface area contributed by atoms with Crippen LogP contribution >= 0.6 is 0 Å². The van der Waals surface area contributed by atoms with Gasteiger partial charge in [-0.25, -0.2) is 0 Å². The topological polar surface area (TPSA) is 55.1 Å². The smallest absolute Gasteiger partial charge is 0.224 e. The third kappa shape index (κ3) is 5.00. The van der Waals surface area contributed by atoms with E-state index in [2.05, 4.69) is 24.4 Å². The van der Waals surface area contributed by atoms with Gasteiger partial charge in [-0.3, -0.25) is 4.79 Å². The predicted octanol–water partition coefficient (Wildman–Crippen LogP) is 1.72. The first-order chi connectivity index (χ1) is 8.27. The molecule has 1 aromatic rings. The van der Waals surface area contributed by atoms with Crippen LogP contribution in [0.3, 0.4) is 0 Å². The molecule has 0 aliphatic carbocycles. The molecule has 1 aromatic carbocycles. The molecule has 0 aliphatic heterocycles. The monoisotopic (exact) mass is 234 g/mol. The summed E-state index contributed by atoms with van der Waals surface area (Å²) in [5.41, 5.74) is 6.82. The third-order valence-corrected chi connectivity index (χ3v) is 2.85. The van der Waals surface area contributed by atoms with E-state index in [1.54, 1.807) is 0 Å². The number of benzene rings is 1. The zero-order chi connectivity index (χ0) is 12.5. The molecular weight excluding hydrogens is 212 g/mol. The van der Waals surface area contributed by atoms with E-state index in [4.69, 9.17) is 5.73 Å². The van der Waals surface area contributed by atoms with Crippen molar-refractivity contribution in [1.82, 2.24) is 5.32 Å². The lowest BCUT2D eigenvalue weighted by atomic mass is 10.0. The first kappa shape index (κ1) is 13.7. The van der Waals surface area contributed by atoms with Crippen molar-refractivity contribution in [3.63, 3.8) is 0 Å². The van der Waals surface area contributed by atoms with Gasteiger partial charge in [-0.15, -0.1) is 0 Å². The van der Waals surface area contributed by atoms with Gasteiger partial charge in [0.05, 0.1) is 5.92 Å². The lowest BCUT2D eigenvalue weighted by Gasteiger charge is -2.13. The van der Waals surface area contributed by atoms with Crippen molar-refractivity contribution in [2.45, 2.75) is 26.2 Å². The summed E-state index contributed by atoms with van der Waals surface area (Å²) in [7, 11) is 0. The Balaban J connectivity index is 2.28. The molecule has 17 heavy (non-hydrogen) atoms. The van der Waals surface area contributed by atoms with E-state index in [1.807, 2.05) is 18.2 Å². The van der Waals surface area contributed by atoms with Gasteiger partial charge >= 0.3 is 0 Å². The van der Waals surface area contributed by atoms with Crippen molar-refractivity contribution in [1.29, 1.82) is 0 Å². The highest BCUT2D eigenvalue weighted by Crippen LogP contribution is 2.04. The molecule has 0 bridgehead atoms. The second-order valence-corrected chi connectivity index (χ2v) is 4.25. The van der Waals surface area contributed by atoms with Gasteiger partial charge in [0, 0.05) is 13.1 Å². The van der Waals surface area contributed by atoms with E-state index in [0.717, 1.165) is 19.3 Å². The maximum atomic E-state index is 11.8. The van der Waals surface area contributed by atoms with E-state index >= 15 is 0 Å². The average molecular weight is 234 g/mol. The first-order valence-corrected chi connectivity index (χ1v) is 6.29. The minimum absolute atomic E-state index is 0.0317. The highest BCUT2D eigenvalue weighted by Gasteiger charge is 2.14. The Bertz CT molecular complexity index is 324. The number of nitrogens with two attached hydrogens (primary N) is 1. The molecule has 3 heteroatoms. The summed E-state index contributed by atoms with van der Waals surface area (Å²) >= 11 is 0. The predicted molar refractivity (Wildman–Crippen MR) is 70.6 cm³/mol. The maximum absolute atomic E-state index is 11.8. The summed E-state index contributed by atoms with van der Waals surface area (Å²) in [6, 6.07) is 10.2. The van der Waals surface area contributed by atoms with E-state index < -0.39 is 0 Å². The highest BCUT2D eigenvalue weighted by molar-refractivity contribution is 5.78. The van der Waals surface area contributed by atoms with Gasteiger partial charge < -0.3 is 11.1 Å². The maximum Gasteiger partial charge on any atom is 0.224 e. The number of hydrogen-bond acceptors (Lipinski definition) is 2. The molecule has 0 saturated heterocycles. The number of hydrogen-bond donors (Lipinski definition) is 2. The molecule has 0 radical (unpaired) electrons. The molecule has 0 aliphatic rings. The Kier molecular flexibility index (Phi) is 6.33. The van der Waals surface area contributed by atoms with Gasteiger partial charge in [-0.05, 0) is 18.4 Å². The molecule has 0 aromatic heterocycles. The molecule has 1 amide bonds. The van der Waals surface area contributed by atoms with Gasteiger partial charge in [0.2, 0.25) is 5.91 Å². The summed E-state index contributed by atoms with van der Waals surface area (Å²) < 4.78 is 0. The van der Waals surface area contributed by atoms with Crippen LogP contribution in [0, 0.1) is 5.92 Å². The molecule has 3 nitrogen and oxygen atoms in total. The van der Waals surface area contributed by atoms with Crippen molar-refractivity contribution in [2.24, 2.45) is 11.7 Å². The molecular formula is C14H22N2O. The van der Waals surface area contributed by atoms with Crippen LogP contribution < -0.4 is 11.1 Å². The van der Waals surface area contributed by atoms with E-state index in [1.165, 1.54) is 5.56 Å². The quantitative estimate of drug-likeness (QED) is 0.754. The Labute approximate surface area is 103 Å². The fourth-order valence-electron chi connectivity index (χ4n) is 1.82. The Hall–Kier alpha value is -1.35. The van der Waals surface area contributed by atoms with Crippen LogP contribution in [0.4, 0.5) is 0 Å². The van der Waals surface area contributed by atoms with E-state index in [9.17, 15) is 4.79 Å². The molecule has 0 heterocycles. The van der Waals surface area contributed by atoms with Crippen molar-refractivity contribution in [3.8, 4) is 0 Å². The molecule has 0 saturated carbocycles. The molecule has 0 spiro atoms. The van der Waals surface area contributed by atoms with Crippen LogP contribution in [0.15, 0.2) is 30.3 Å². The van der Waals surface area contributed by atoms with Gasteiger partial charge in [0.15, 0.2) is 0 Å². The Morgan fingerprint density at radius 2 is 2.06 bits per heavy atom. The zero-order valence-electron chi connectivity index (χ0n) is 10.5. The molecule has 1 unspecified atom stereocenters. The number of nitrogens with one attached hydrogen (secondary N) is 1. The van der Waals surface area contributed by atoms with Crippen LogP contribution in [-0.4, -0.2) is 19.0 Å². The summed E-state index contributed by atoms with van der Waals surface area (Å²) in [6.45, 7) is 3.19. The average Bonchev–Trinajstić information content (AvgIpc) is 2.37. The lowest BCUT2D eigenvalue weighted by molar-refractivity contribution is -0.124. The van der Waals surface area contributed by atoms with E-state index in [0.29, 0.717) is 13.1 Å². The fourth-order valence-corrected chi connectivity index (χ4v) is 1.82. The second kappa shape index (κ2) is 7.85. The van der Waals surface area contributed by atoms with Crippen molar-refractivity contribution in [2.75, 3.05) is 13.1 Å². The summed E-state index contributed by atoms with van der Waals surface area (Å²) in [5, 5.41) is 2.95. The van der Waals surface area contributed by atoms with Crippen molar-refractivity contribution in [3.05, 3.63) is 35.9 Å². The number of carbonyl (C=O) groups excluding carboxylic acids is 1. The van der Waals surface area contributed by atoms with Crippen LogP contribution in [-0.2, 0) is 11.2 Å². The molecule has 1 rings (SSSR count). The third-order valence-electron chi connectivity index (χ3n) is 2.85. The Morgan fingerprint density at radius 1 is 1.35 bits per heavy atom. The van der Waals surface area contributed by atoms with Gasteiger partial charge in [0.25, 0.3) is 0 Å². The summed E-state index contributed by atoms with van der Waals surface area (Å²) in [4.78, 5) is 11.8. The van der Waals surface area contributed by atoms with Crippen LogP contribution in [0.1, 0.15) is 25.3 Å². The fraction of sp³-hybridized carbons (Fsp3) is 0.500. The van der Waals surface area contributed by atoms with Crippen LogP contribution in [0.5, 0.6) is 0 Å². The molecule has 0 fully saturated rings. The van der Waals surface area contributed by atoms with Gasteiger partial charge in [-0.1, -0.05) is 43.7 Å². The number of carbonyl (C=O) groups is 1. The molecule has 94 valence electrons. The minimum Gasteiger partial charge on any atom is -0.355 e. The van der Waals surface area contributed by atoms with Crippen molar-refractivity contribution < 1.29 is 4.79 Å². The van der Waals surface area contributed by atoms with Crippen molar-refractivity contribution >= 4 is 5.91 Å². The Morgan fingerprint density at radius 3 is 2.65 bits per heavy atom. The normalized spacial score (nSPS) is 12.1. The zero-order valence-corrected chi connectivity index (χ0v) is 10.5. The SMILES string of the molecule is CCCC(CN)C(=O)NCCc1ccccc1. The van der Waals surface area contributed by atoms with Gasteiger partial charge in [-0.2, -0.15) is 0 Å². The highest BCUT2D eigenvalue weighted by atomic mass is 16.1. The van der Waals surface area contributed by atoms with E-state index in [-0.39, 0.29) is 11.8 Å². The van der Waals surface area contributed by atoms with Crippen LogP contribution in [0.2, 0.25) is 0 Å². The summed E-state index contributed by atoms with van der Waals surface area (Å²) in [5.74, 6) is 0.0565. The standard InChI is InChI=1S/C14H22N2O/c1-2-6-13(11-15)14(17)16-10-9-12-7-4-3-5-8-12/h3-5,7-8,13H,2,6,9-11,15H2,1H3,(H,16,17). The number of amides is 1. The molecule has 3 N–H and O–H groups in total. The minimum atomic E-state index is -0.0317. The van der Waals surface area contributed by atoms with Crippen LogP contribution in [0.25, 0.3) is 0 Å². The second-order valence-electron chi connectivity index (χ2n) is 4.25. The van der Waals surface area contributed by atoms with Gasteiger partial charge in [0.1, 0.15) is 0 Å². The molecule has 1 atom stereocenters. The summed E-state index contributed by atoms with van der Waals surface area (Å²) in [6.07, 6.45) is 2.73. The number of rotatable bonds is 7. The largest absolute Gasteiger partial charge is 0.355 e. The lowest BCUT2D eigenvalue weighted by Crippen LogP contribution is -2.36. The first-order valence-electron chi connectivity index (χ1n) is 6.29.